The van der Waals surface area contributed by atoms with Gasteiger partial charge in [0.2, 0.25) is 5.95 Å². The summed E-state index contributed by atoms with van der Waals surface area (Å²) in [7, 11) is 0. The van der Waals surface area contributed by atoms with E-state index in [1.807, 2.05) is 13.8 Å². The highest BCUT2D eigenvalue weighted by Crippen LogP contribution is 2.19. The number of hydrogen-bond acceptors (Lipinski definition) is 5. The normalized spacial score (nSPS) is 25.9. The molecule has 5 nitrogen and oxygen atoms in total. The van der Waals surface area contributed by atoms with Gasteiger partial charge in [0.25, 0.3) is 0 Å². The zero-order valence-electron chi connectivity index (χ0n) is 10.1. The molecule has 0 bridgehead atoms. The van der Waals surface area contributed by atoms with E-state index in [4.69, 9.17) is 5.73 Å². The van der Waals surface area contributed by atoms with E-state index in [0.717, 1.165) is 30.9 Å². The summed E-state index contributed by atoms with van der Waals surface area (Å²) in [5.41, 5.74) is 7.89. The predicted molar refractivity (Wildman–Crippen MR) is 63.3 cm³/mol. The van der Waals surface area contributed by atoms with Gasteiger partial charge in [-0.15, -0.1) is 5.10 Å². The quantitative estimate of drug-likeness (QED) is 0.754. The van der Waals surface area contributed by atoms with E-state index in [1.165, 1.54) is 0 Å². The lowest BCUT2D eigenvalue weighted by Gasteiger charge is -2.34. The van der Waals surface area contributed by atoms with Crippen LogP contribution in [0.5, 0.6) is 0 Å². The first kappa shape index (κ1) is 11.3. The fourth-order valence-electron chi connectivity index (χ4n) is 1.86. The molecule has 0 amide bonds. The molecule has 2 rings (SSSR count). The van der Waals surface area contributed by atoms with E-state index in [0.29, 0.717) is 11.9 Å². The highest BCUT2D eigenvalue weighted by Gasteiger charge is 2.24. The Bertz CT molecular complexity index is 379. The molecule has 0 aromatic carbocycles. The van der Waals surface area contributed by atoms with Gasteiger partial charge in [0.15, 0.2) is 0 Å². The molecule has 0 radical (unpaired) electrons. The van der Waals surface area contributed by atoms with Crippen molar-refractivity contribution in [2.75, 3.05) is 18.0 Å². The van der Waals surface area contributed by atoms with E-state index < -0.39 is 0 Å². The number of anilines is 1. The Labute approximate surface area is 96.1 Å². The summed E-state index contributed by atoms with van der Waals surface area (Å²) in [6.07, 6.45) is 1.09. The van der Waals surface area contributed by atoms with Crippen LogP contribution < -0.4 is 10.6 Å². The van der Waals surface area contributed by atoms with E-state index in [1.54, 1.807) is 0 Å². The van der Waals surface area contributed by atoms with Gasteiger partial charge >= 0.3 is 0 Å². The van der Waals surface area contributed by atoms with Crippen molar-refractivity contribution >= 4 is 5.95 Å². The molecule has 2 heterocycles. The van der Waals surface area contributed by atoms with Crippen LogP contribution in [0.1, 0.15) is 24.7 Å². The third-order valence-corrected chi connectivity index (χ3v) is 3.38. The van der Waals surface area contributed by atoms with Crippen molar-refractivity contribution in [3.8, 4) is 0 Å². The monoisotopic (exact) mass is 221 g/mol. The Morgan fingerprint density at radius 3 is 2.62 bits per heavy atom. The summed E-state index contributed by atoms with van der Waals surface area (Å²) in [5, 5.41) is 8.23. The van der Waals surface area contributed by atoms with Crippen LogP contribution in [0.15, 0.2) is 0 Å². The average Bonchev–Trinajstić information content (AvgIpc) is 2.26. The van der Waals surface area contributed by atoms with Gasteiger partial charge < -0.3 is 10.6 Å². The summed E-state index contributed by atoms with van der Waals surface area (Å²) in [6.45, 7) is 7.87. The van der Waals surface area contributed by atoms with Crippen molar-refractivity contribution in [1.82, 2.24) is 15.2 Å². The van der Waals surface area contributed by atoms with Crippen molar-refractivity contribution in [3.63, 3.8) is 0 Å². The molecule has 1 aliphatic rings. The van der Waals surface area contributed by atoms with Crippen LogP contribution in [0.3, 0.4) is 0 Å². The minimum absolute atomic E-state index is 0.207. The van der Waals surface area contributed by atoms with E-state index in [2.05, 4.69) is 27.0 Å². The highest BCUT2D eigenvalue weighted by molar-refractivity contribution is 5.31. The smallest absolute Gasteiger partial charge is 0.245 e. The Kier molecular flexibility index (Phi) is 3.05. The van der Waals surface area contributed by atoms with Crippen LogP contribution >= 0.6 is 0 Å². The molecule has 0 saturated carbocycles. The highest BCUT2D eigenvalue weighted by atomic mass is 15.3. The molecular weight excluding hydrogens is 202 g/mol. The van der Waals surface area contributed by atoms with E-state index in [9.17, 15) is 0 Å². The van der Waals surface area contributed by atoms with Gasteiger partial charge in [-0.1, -0.05) is 6.92 Å². The lowest BCUT2D eigenvalue weighted by atomic mass is 9.95. The fourth-order valence-corrected chi connectivity index (χ4v) is 1.86. The number of aryl methyl sites for hydroxylation is 2. The number of aromatic nitrogens is 3. The third-order valence-electron chi connectivity index (χ3n) is 3.38. The molecular formula is C11H19N5. The van der Waals surface area contributed by atoms with Crippen molar-refractivity contribution in [2.24, 2.45) is 11.7 Å². The molecule has 0 spiro atoms. The summed E-state index contributed by atoms with van der Waals surface area (Å²) in [5.74, 6) is 1.29. The summed E-state index contributed by atoms with van der Waals surface area (Å²) in [4.78, 5) is 6.58. The Hall–Kier alpha value is -1.23. The van der Waals surface area contributed by atoms with E-state index >= 15 is 0 Å². The van der Waals surface area contributed by atoms with Gasteiger partial charge in [0, 0.05) is 19.1 Å². The van der Waals surface area contributed by atoms with Crippen molar-refractivity contribution < 1.29 is 0 Å². The molecule has 16 heavy (non-hydrogen) atoms. The van der Waals surface area contributed by atoms with Crippen LogP contribution in [-0.4, -0.2) is 34.3 Å². The van der Waals surface area contributed by atoms with Crippen LogP contribution in [0.4, 0.5) is 5.95 Å². The first-order valence-corrected chi connectivity index (χ1v) is 5.76. The zero-order valence-corrected chi connectivity index (χ0v) is 10.1. The first-order chi connectivity index (χ1) is 7.58. The van der Waals surface area contributed by atoms with Gasteiger partial charge in [-0.2, -0.15) is 5.10 Å². The molecule has 88 valence electrons. The molecule has 0 aliphatic carbocycles. The topological polar surface area (TPSA) is 67.9 Å². The number of hydrogen-bond donors (Lipinski definition) is 1. The maximum atomic E-state index is 6.06. The molecule has 1 fully saturated rings. The molecule has 2 N–H and O–H groups in total. The second-order valence-corrected chi connectivity index (χ2v) is 4.66. The van der Waals surface area contributed by atoms with Gasteiger partial charge in [0.1, 0.15) is 0 Å². The molecule has 1 aromatic heterocycles. The summed E-state index contributed by atoms with van der Waals surface area (Å²) in [6, 6.07) is 0.207. The largest absolute Gasteiger partial charge is 0.338 e. The SMILES string of the molecule is Cc1nnc(N2CCC(C)C(N)C2)nc1C. The second kappa shape index (κ2) is 4.33. The van der Waals surface area contributed by atoms with Gasteiger partial charge in [-0.3, -0.25) is 0 Å². The van der Waals surface area contributed by atoms with E-state index in [-0.39, 0.29) is 6.04 Å². The van der Waals surface area contributed by atoms with Crippen LogP contribution in [0, 0.1) is 19.8 Å². The second-order valence-electron chi connectivity index (χ2n) is 4.66. The Morgan fingerprint density at radius 2 is 2.00 bits per heavy atom. The molecule has 1 aromatic rings. The minimum atomic E-state index is 0.207. The third kappa shape index (κ3) is 2.14. The van der Waals surface area contributed by atoms with Crippen molar-refractivity contribution in [1.29, 1.82) is 0 Å². The number of rotatable bonds is 1. The lowest BCUT2D eigenvalue weighted by Crippen LogP contribution is -2.48. The zero-order chi connectivity index (χ0) is 11.7. The van der Waals surface area contributed by atoms with Crippen LogP contribution in [0.25, 0.3) is 0 Å². The molecule has 1 aliphatic heterocycles. The molecule has 5 heteroatoms. The van der Waals surface area contributed by atoms with Gasteiger partial charge in [0.05, 0.1) is 11.4 Å². The van der Waals surface area contributed by atoms with Crippen LogP contribution in [0.2, 0.25) is 0 Å². The molecule has 2 unspecified atom stereocenters. The molecule has 1 saturated heterocycles. The summed E-state index contributed by atoms with van der Waals surface area (Å²) < 4.78 is 0. The number of piperidine rings is 1. The summed E-state index contributed by atoms with van der Waals surface area (Å²) >= 11 is 0. The Balaban J connectivity index is 2.15. The number of nitrogens with zero attached hydrogens (tertiary/aromatic N) is 4. The average molecular weight is 221 g/mol. The standard InChI is InChI=1S/C11H19N5/c1-7-4-5-16(6-10(7)12)11-13-8(2)9(3)14-15-11/h7,10H,4-6,12H2,1-3H3. The fraction of sp³-hybridized carbons (Fsp3) is 0.727. The van der Waals surface area contributed by atoms with Gasteiger partial charge in [-0.05, 0) is 26.2 Å². The lowest BCUT2D eigenvalue weighted by molar-refractivity contribution is 0.375. The first-order valence-electron chi connectivity index (χ1n) is 5.76. The minimum Gasteiger partial charge on any atom is -0.338 e. The molecule has 2 atom stereocenters. The van der Waals surface area contributed by atoms with Gasteiger partial charge in [-0.25, -0.2) is 4.98 Å². The van der Waals surface area contributed by atoms with Crippen molar-refractivity contribution in [2.45, 2.75) is 33.2 Å². The Morgan fingerprint density at radius 1 is 1.25 bits per heavy atom. The predicted octanol–water partition coefficient (Wildman–Crippen LogP) is 0.662. The number of nitrogens with two attached hydrogens (primary N) is 1. The maximum absolute atomic E-state index is 6.06. The van der Waals surface area contributed by atoms with Crippen molar-refractivity contribution in [3.05, 3.63) is 11.4 Å². The van der Waals surface area contributed by atoms with Crippen LogP contribution in [-0.2, 0) is 0 Å². The maximum Gasteiger partial charge on any atom is 0.245 e.